The highest BCUT2D eigenvalue weighted by Gasteiger charge is 2.17. The van der Waals surface area contributed by atoms with Crippen LogP contribution in [-0.4, -0.2) is 14.3 Å². The van der Waals surface area contributed by atoms with E-state index in [1.807, 2.05) is 12.1 Å². The van der Waals surface area contributed by atoms with Crippen LogP contribution >= 0.6 is 11.5 Å². The maximum atomic E-state index is 11.3. The molecule has 2 rings (SSSR count). The molecule has 0 spiro atoms. The maximum Gasteiger partial charge on any atom is 0.278 e. The van der Waals surface area contributed by atoms with Gasteiger partial charge in [-0.3, -0.25) is 9.17 Å². The van der Waals surface area contributed by atoms with Crippen LogP contribution in [-0.2, 0) is 5.41 Å². The maximum absolute atomic E-state index is 11.3. The molecule has 0 aliphatic carbocycles. The summed E-state index contributed by atoms with van der Waals surface area (Å²) < 4.78 is 2.50. The second kappa shape index (κ2) is 4.82. The smallest absolute Gasteiger partial charge is 0.278 e. The average molecular weight is 275 g/mol. The minimum atomic E-state index is -0.401. The molecule has 0 atom stereocenters. The van der Waals surface area contributed by atoms with Gasteiger partial charge in [-0.25, -0.2) is 9.97 Å². The van der Waals surface area contributed by atoms with E-state index in [0.717, 1.165) is 17.2 Å². The van der Waals surface area contributed by atoms with E-state index in [1.54, 1.807) is 6.20 Å². The standard InChI is InChI=1S/C12H13N5OS/c1-12(2,3)8-4-5-14-11(15-8)16-10-7(6-13)9(18)17-19-10/h4-5H,1-3H3,(H,17,18)(H,14,15,16). The molecule has 0 saturated heterocycles. The predicted molar refractivity (Wildman–Crippen MR) is 73.7 cm³/mol. The fourth-order valence-electron chi connectivity index (χ4n) is 1.43. The summed E-state index contributed by atoms with van der Waals surface area (Å²) in [6, 6.07) is 3.70. The van der Waals surface area contributed by atoms with Gasteiger partial charge in [0.05, 0.1) is 5.69 Å². The number of nitriles is 1. The third kappa shape index (κ3) is 2.80. The molecule has 0 aliphatic rings. The molecule has 0 unspecified atom stereocenters. The molecule has 0 aromatic carbocycles. The number of nitrogens with zero attached hydrogens (tertiary/aromatic N) is 3. The van der Waals surface area contributed by atoms with Crippen LogP contribution in [0.3, 0.4) is 0 Å². The lowest BCUT2D eigenvalue weighted by molar-refractivity contribution is 0.568. The Labute approximate surface area is 114 Å². The molecule has 0 saturated carbocycles. The predicted octanol–water partition coefficient (Wildman–Crippen LogP) is 2.14. The van der Waals surface area contributed by atoms with Crippen LogP contribution in [0.15, 0.2) is 17.1 Å². The van der Waals surface area contributed by atoms with E-state index in [4.69, 9.17) is 5.26 Å². The van der Waals surface area contributed by atoms with E-state index >= 15 is 0 Å². The molecule has 0 amide bonds. The van der Waals surface area contributed by atoms with Gasteiger partial charge >= 0.3 is 0 Å². The lowest BCUT2D eigenvalue weighted by Crippen LogP contribution is -2.14. The Balaban J connectivity index is 2.35. The third-order valence-electron chi connectivity index (χ3n) is 2.46. The lowest BCUT2D eigenvalue weighted by Gasteiger charge is -2.17. The van der Waals surface area contributed by atoms with E-state index in [1.165, 1.54) is 0 Å². The first-order valence-electron chi connectivity index (χ1n) is 5.64. The topological polar surface area (TPSA) is 94.5 Å². The summed E-state index contributed by atoms with van der Waals surface area (Å²) in [5, 5.41) is 12.2. The molecule has 19 heavy (non-hydrogen) atoms. The van der Waals surface area contributed by atoms with Crippen molar-refractivity contribution in [2.75, 3.05) is 5.32 Å². The van der Waals surface area contributed by atoms with E-state index in [0.29, 0.717) is 10.9 Å². The summed E-state index contributed by atoms with van der Waals surface area (Å²) in [5.74, 6) is 0.374. The fraction of sp³-hybridized carbons (Fsp3) is 0.333. The molecule has 2 heterocycles. The average Bonchev–Trinajstić information content (AvgIpc) is 2.69. The number of aromatic amines is 1. The summed E-state index contributed by atoms with van der Waals surface area (Å²) in [4.78, 5) is 19.8. The van der Waals surface area contributed by atoms with Gasteiger partial charge in [0.15, 0.2) is 5.56 Å². The van der Waals surface area contributed by atoms with Gasteiger partial charge in [0.2, 0.25) is 5.95 Å². The number of nitrogens with one attached hydrogen (secondary N) is 2. The first kappa shape index (κ1) is 13.2. The highest BCUT2D eigenvalue weighted by atomic mass is 32.1. The summed E-state index contributed by atoms with van der Waals surface area (Å²) >= 11 is 1.06. The summed E-state index contributed by atoms with van der Waals surface area (Å²) in [5.41, 5.74) is 0.436. The first-order chi connectivity index (χ1) is 8.91. The molecule has 2 aromatic heterocycles. The summed E-state index contributed by atoms with van der Waals surface area (Å²) in [6.07, 6.45) is 1.65. The molecule has 0 bridgehead atoms. The molecular weight excluding hydrogens is 262 g/mol. The Hall–Kier alpha value is -2.20. The van der Waals surface area contributed by atoms with Gasteiger partial charge in [-0.05, 0) is 17.6 Å². The Morgan fingerprint density at radius 2 is 2.21 bits per heavy atom. The zero-order chi connectivity index (χ0) is 14.0. The molecule has 7 heteroatoms. The Kier molecular flexibility index (Phi) is 3.36. The lowest BCUT2D eigenvalue weighted by atomic mass is 9.92. The molecule has 0 radical (unpaired) electrons. The van der Waals surface area contributed by atoms with Crippen molar-refractivity contribution >= 4 is 22.5 Å². The van der Waals surface area contributed by atoms with Gasteiger partial charge in [0.25, 0.3) is 5.56 Å². The Morgan fingerprint density at radius 3 is 2.84 bits per heavy atom. The van der Waals surface area contributed by atoms with Gasteiger partial charge < -0.3 is 5.32 Å². The highest BCUT2D eigenvalue weighted by molar-refractivity contribution is 7.10. The molecule has 6 nitrogen and oxygen atoms in total. The summed E-state index contributed by atoms with van der Waals surface area (Å²) in [6.45, 7) is 6.15. The van der Waals surface area contributed by atoms with Crippen molar-refractivity contribution in [1.29, 1.82) is 5.26 Å². The van der Waals surface area contributed by atoms with Crippen LogP contribution in [0.25, 0.3) is 0 Å². The van der Waals surface area contributed by atoms with E-state index in [-0.39, 0.29) is 11.0 Å². The van der Waals surface area contributed by atoms with Crippen molar-refractivity contribution in [3.05, 3.63) is 33.9 Å². The second-order valence-electron chi connectivity index (χ2n) is 4.99. The normalized spacial score (nSPS) is 11.1. The van der Waals surface area contributed by atoms with Crippen LogP contribution < -0.4 is 10.9 Å². The Bertz CT molecular complexity index is 689. The quantitative estimate of drug-likeness (QED) is 0.875. The highest BCUT2D eigenvalue weighted by Crippen LogP contribution is 2.23. The number of hydrogen-bond acceptors (Lipinski definition) is 6. The molecule has 0 fully saturated rings. The number of H-pyrrole nitrogens is 1. The zero-order valence-electron chi connectivity index (χ0n) is 10.8. The van der Waals surface area contributed by atoms with Crippen LogP contribution in [0.4, 0.5) is 10.9 Å². The van der Waals surface area contributed by atoms with Crippen LogP contribution in [0.2, 0.25) is 0 Å². The van der Waals surface area contributed by atoms with Gasteiger partial charge in [0, 0.05) is 11.6 Å². The third-order valence-corrected chi connectivity index (χ3v) is 3.26. The number of anilines is 2. The van der Waals surface area contributed by atoms with Crippen molar-refractivity contribution in [2.24, 2.45) is 0 Å². The number of rotatable bonds is 2. The van der Waals surface area contributed by atoms with Gasteiger partial charge in [-0.15, -0.1) is 0 Å². The minimum absolute atomic E-state index is 0.0507. The second-order valence-corrected chi connectivity index (χ2v) is 5.81. The summed E-state index contributed by atoms with van der Waals surface area (Å²) in [7, 11) is 0. The number of hydrogen-bond donors (Lipinski definition) is 2. The van der Waals surface area contributed by atoms with Crippen LogP contribution in [0.5, 0.6) is 0 Å². The minimum Gasteiger partial charge on any atom is -0.313 e. The van der Waals surface area contributed by atoms with Crippen LogP contribution in [0.1, 0.15) is 32.0 Å². The van der Waals surface area contributed by atoms with Gasteiger partial charge in [-0.2, -0.15) is 5.26 Å². The van der Waals surface area contributed by atoms with Crippen LogP contribution in [0, 0.1) is 11.3 Å². The van der Waals surface area contributed by atoms with Crippen molar-refractivity contribution in [3.63, 3.8) is 0 Å². The molecule has 2 N–H and O–H groups in total. The van der Waals surface area contributed by atoms with Crippen molar-refractivity contribution < 1.29 is 0 Å². The van der Waals surface area contributed by atoms with Crippen molar-refractivity contribution in [1.82, 2.24) is 14.3 Å². The first-order valence-corrected chi connectivity index (χ1v) is 6.45. The van der Waals surface area contributed by atoms with Crippen molar-refractivity contribution in [2.45, 2.75) is 26.2 Å². The Morgan fingerprint density at radius 1 is 1.47 bits per heavy atom. The van der Waals surface area contributed by atoms with Crippen molar-refractivity contribution in [3.8, 4) is 6.07 Å². The zero-order valence-corrected chi connectivity index (χ0v) is 11.6. The number of aromatic nitrogens is 3. The molecule has 0 aliphatic heterocycles. The molecule has 2 aromatic rings. The van der Waals surface area contributed by atoms with E-state index in [9.17, 15) is 4.79 Å². The monoisotopic (exact) mass is 275 g/mol. The molecule has 98 valence electrons. The fourth-order valence-corrected chi connectivity index (χ4v) is 2.11. The molecular formula is C12H13N5OS. The van der Waals surface area contributed by atoms with E-state index in [2.05, 4.69) is 40.4 Å². The SMILES string of the molecule is CC(C)(C)c1ccnc(Nc2s[nH]c(=O)c2C#N)n1. The van der Waals surface area contributed by atoms with Gasteiger partial charge in [0.1, 0.15) is 11.1 Å². The van der Waals surface area contributed by atoms with E-state index < -0.39 is 5.56 Å². The van der Waals surface area contributed by atoms with Gasteiger partial charge in [-0.1, -0.05) is 20.8 Å². The largest absolute Gasteiger partial charge is 0.313 e.